The minimum absolute atomic E-state index is 0.486. The molecule has 0 bridgehead atoms. The SMILES string of the molecule is NC(=NCCCN1CCc2ccccc2C1)Nc1ccccc1. The van der Waals surface area contributed by atoms with E-state index >= 15 is 0 Å². The molecule has 0 saturated carbocycles. The summed E-state index contributed by atoms with van der Waals surface area (Å²) in [6, 6.07) is 18.6. The number of nitrogens with zero attached hydrogens (tertiary/aromatic N) is 2. The largest absolute Gasteiger partial charge is 0.370 e. The van der Waals surface area contributed by atoms with Crippen molar-refractivity contribution in [2.24, 2.45) is 10.7 Å². The van der Waals surface area contributed by atoms with Crippen LogP contribution in [0.25, 0.3) is 0 Å². The van der Waals surface area contributed by atoms with Crippen LogP contribution in [0.5, 0.6) is 0 Å². The van der Waals surface area contributed by atoms with E-state index in [9.17, 15) is 0 Å². The highest BCUT2D eigenvalue weighted by atomic mass is 15.1. The summed E-state index contributed by atoms with van der Waals surface area (Å²) in [7, 11) is 0. The lowest BCUT2D eigenvalue weighted by Crippen LogP contribution is -2.31. The molecule has 2 aromatic rings. The third-order valence-electron chi connectivity index (χ3n) is 4.17. The molecule has 23 heavy (non-hydrogen) atoms. The van der Waals surface area contributed by atoms with Crippen LogP contribution in [-0.2, 0) is 13.0 Å². The Morgan fingerprint density at radius 1 is 1.04 bits per heavy atom. The molecule has 1 heterocycles. The monoisotopic (exact) mass is 308 g/mol. The molecule has 1 aliphatic heterocycles. The molecule has 0 amide bonds. The van der Waals surface area contributed by atoms with Gasteiger partial charge in [-0.1, -0.05) is 42.5 Å². The number of guanidine groups is 1. The molecule has 0 spiro atoms. The molecule has 0 aliphatic carbocycles. The molecule has 1 aliphatic rings. The zero-order valence-electron chi connectivity index (χ0n) is 13.4. The van der Waals surface area contributed by atoms with Crippen molar-refractivity contribution in [1.82, 2.24) is 4.90 Å². The molecule has 3 N–H and O–H groups in total. The molecule has 0 saturated heterocycles. The lowest BCUT2D eigenvalue weighted by molar-refractivity contribution is 0.253. The summed E-state index contributed by atoms with van der Waals surface area (Å²) in [5.41, 5.74) is 9.85. The van der Waals surface area contributed by atoms with Crippen molar-refractivity contribution in [2.75, 3.05) is 25.0 Å². The van der Waals surface area contributed by atoms with Gasteiger partial charge in [-0.2, -0.15) is 0 Å². The van der Waals surface area contributed by atoms with Crippen molar-refractivity contribution in [3.05, 3.63) is 65.7 Å². The van der Waals surface area contributed by atoms with E-state index in [1.54, 1.807) is 0 Å². The highest BCUT2D eigenvalue weighted by Gasteiger charge is 2.14. The highest BCUT2D eigenvalue weighted by molar-refractivity contribution is 5.92. The second-order valence-corrected chi connectivity index (χ2v) is 5.91. The van der Waals surface area contributed by atoms with Crippen LogP contribution in [0.2, 0.25) is 0 Å². The fourth-order valence-electron chi connectivity index (χ4n) is 2.95. The number of benzene rings is 2. The number of hydrogen-bond acceptors (Lipinski definition) is 2. The van der Waals surface area contributed by atoms with Gasteiger partial charge in [-0.05, 0) is 36.1 Å². The number of nitrogens with one attached hydrogen (secondary N) is 1. The van der Waals surface area contributed by atoms with Crippen molar-refractivity contribution in [3.63, 3.8) is 0 Å². The summed E-state index contributed by atoms with van der Waals surface area (Å²) in [4.78, 5) is 6.90. The molecular formula is C19H24N4. The molecule has 3 rings (SSSR count). The lowest BCUT2D eigenvalue weighted by Gasteiger charge is -2.28. The number of aliphatic imine (C=N–C) groups is 1. The first kappa shape index (κ1) is 15.6. The number of anilines is 1. The lowest BCUT2D eigenvalue weighted by atomic mass is 10.00. The van der Waals surface area contributed by atoms with E-state index in [4.69, 9.17) is 5.73 Å². The van der Waals surface area contributed by atoms with Crippen molar-refractivity contribution in [3.8, 4) is 0 Å². The Labute approximate surface area is 138 Å². The Morgan fingerprint density at radius 3 is 2.61 bits per heavy atom. The molecule has 0 aromatic heterocycles. The van der Waals surface area contributed by atoms with Gasteiger partial charge >= 0.3 is 0 Å². The van der Waals surface area contributed by atoms with Crippen LogP contribution in [-0.4, -0.2) is 30.5 Å². The number of para-hydroxylation sites is 1. The van der Waals surface area contributed by atoms with E-state index in [0.29, 0.717) is 5.96 Å². The third-order valence-corrected chi connectivity index (χ3v) is 4.17. The fourth-order valence-corrected chi connectivity index (χ4v) is 2.95. The smallest absolute Gasteiger partial charge is 0.193 e. The van der Waals surface area contributed by atoms with E-state index in [0.717, 1.165) is 44.7 Å². The van der Waals surface area contributed by atoms with Crippen molar-refractivity contribution in [1.29, 1.82) is 0 Å². The topological polar surface area (TPSA) is 53.6 Å². The summed E-state index contributed by atoms with van der Waals surface area (Å²) in [6.45, 7) is 4.01. The standard InChI is InChI=1S/C19H24N4/c20-19(22-18-9-2-1-3-10-18)21-12-6-13-23-14-11-16-7-4-5-8-17(16)15-23/h1-5,7-10H,6,11-15H2,(H3,20,21,22). The highest BCUT2D eigenvalue weighted by Crippen LogP contribution is 2.18. The Morgan fingerprint density at radius 2 is 1.78 bits per heavy atom. The van der Waals surface area contributed by atoms with Crippen LogP contribution in [0.4, 0.5) is 5.69 Å². The van der Waals surface area contributed by atoms with Crippen LogP contribution in [0.1, 0.15) is 17.5 Å². The Kier molecular flexibility index (Phi) is 5.27. The van der Waals surface area contributed by atoms with Gasteiger partial charge in [0.15, 0.2) is 5.96 Å². The third kappa shape index (κ3) is 4.57. The number of hydrogen-bond donors (Lipinski definition) is 2. The molecule has 120 valence electrons. The van der Waals surface area contributed by atoms with Gasteiger partial charge in [-0.15, -0.1) is 0 Å². The Balaban J connectivity index is 1.41. The molecule has 0 atom stereocenters. The number of rotatable bonds is 5. The maximum Gasteiger partial charge on any atom is 0.193 e. The average Bonchev–Trinajstić information content (AvgIpc) is 2.59. The predicted molar refractivity (Wildman–Crippen MR) is 96.6 cm³/mol. The first-order chi connectivity index (χ1) is 11.3. The zero-order valence-corrected chi connectivity index (χ0v) is 13.4. The van der Waals surface area contributed by atoms with Gasteiger partial charge in [0.05, 0.1) is 0 Å². The molecule has 2 aromatic carbocycles. The number of fused-ring (bicyclic) bond motifs is 1. The first-order valence-electron chi connectivity index (χ1n) is 8.22. The minimum atomic E-state index is 0.486. The predicted octanol–water partition coefficient (Wildman–Crippen LogP) is 2.86. The van der Waals surface area contributed by atoms with Crippen LogP contribution < -0.4 is 11.1 Å². The van der Waals surface area contributed by atoms with Gasteiger partial charge in [-0.3, -0.25) is 9.89 Å². The van der Waals surface area contributed by atoms with Gasteiger partial charge in [0, 0.05) is 31.9 Å². The second-order valence-electron chi connectivity index (χ2n) is 5.91. The van der Waals surface area contributed by atoms with E-state index in [2.05, 4.69) is 39.5 Å². The van der Waals surface area contributed by atoms with Crippen LogP contribution in [0.15, 0.2) is 59.6 Å². The van der Waals surface area contributed by atoms with Gasteiger partial charge in [-0.25, -0.2) is 0 Å². The maximum atomic E-state index is 5.91. The fraction of sp³-hybridized carbons (Fsp3) is 0.316. The van der Waals surface area contributed by atoms with Gasteiger partial charge in [0.25, 0.3) is 0 Å². The molecule has 4 nitrogen and oxygen atoms in total. The summed E-state index contributed by atoms with van der Waals surface area (Å²) >= 11 is 0. The molecule has 4 heteroatoms. The van der Waals surface area contributed by atoms with E-state index in [-0.39, 0.29) is 0 Å². The quantitative estimate of drug-likeness (QED) is 0.507. The zero-order chi connectivity index (χ0) is 15.9. The van der Waals surface area contributed by atoms with Crippen molar-refractivity contribution >= 4 is 11.6 Å². The molecule has 0 fully saturated rings. The minimum Gasteiger partial charge on any atom is -0.370 e. The number of nitrogens with two attached hydrogens (primary N) is 1. The van der Waals surface area contributed by atoms with E-state index in [1.165, 1.54) is 11.1 Å². The molecule has 0 radical (unpaired) electrons. The second kappa shape index (κ2) is 7.79. The normalized spacial score (nSPS) is 15.2. The van der Waals surface area contributed by atoms with Crippen molar-refractivity contribution in [2.45, 2.75) is 19.4 Å². The van der Waals surface area contributed by atoms with Crippen LogP contribution in [0.3, 0.4) is 0 Å². The summed E-state index contributed by atoms with van der Waals surface area (Å²) in [5, 5.41) is 3.11. The van der Waals surface area contributed by atoms with Crippen molar-refractivity contribution < 1.29 is 0 Å². The molecular weight excluding hydrogens is 284 g/mol. The van der Waals surface area contributed by atoms with Gasteiger partial charge in [0.2, 0.25) is 0 Å². The van der Waals surface area contributed by atoms with E-state index in [1.807, 2.05) is 30.3 Å². The van der Waals surface area contributed by atoms with E-state index < -0.39 is 0 Å². The summed E-state index contributed by atoms with van der Waals surface area (Å²) in [5.74, 6) is 0.486. The first-order valence-corrected chi connectivity index (χ1v) is 8.22. The molecule has 0 unspecified atom stereocenters. The summed E-state index contributed by atoms with van der Waals surface area (Å²) in [6.07, 6.45) is 2.18. The Bertz CT molecular complexity index is 651. The van der Waals surface area contributed by atoms with Crippen LogP contribution >= 0.6 is 0 Å². The van der Waals surface area contributed by atoms with Crippen LogP contribution in [0, 0.1) is 0 Å². The Hall–Kier alpha value is -2.33. The van der Waals surface area contributed by atoms with Gasteiger partial charge in [0.1, 0.15) is 0 Å². The maximum absolute atomic E-state index is 5.91. The average molecular weight is 308 g/mol. The van der Waals surface area contributed by atoms with Gasteiger partial charge < -0.3 is 11.1 Å². The summed E-state index contributed by atoms with van der Waals surface area (Å²) < 4.78 is 0.